The molecule has 11 heteroatoms. The average molecular weight is 487 g/mol. The van der Waals surface area contributed by atoms with Crippen LogP contribution >= 0.6 is 22.9 Å². The van der Waals surface area contributed by atoms with Gasteiger partial charge in [-0.05, 0) is 42.5 Å². The highest BCUT2D eigenvalue weighted by Gasteiger charge is 2.19. The minimum atomic E-state index is -0.522. The summed E-state index contributed by atoms with van der Waals surface area (Å²) in [6.45, 7) is 0.0427. The quantitative estimate of drug-likeness (QED) is 0.203. The number of amides is 1. The standard InChI is InChI=1S/C22H15ClN2O7S/c1-30-22(27)20-19(23)16-8-2-12(10-18(16)33-20)24-21(26)17-9-7-15(32-17)11-31-14-5-3-13(4-6-14)25(28)29/h2-10H,11H2,1H3,(H,24,26). The van der Waals surface area contributed by atoms with E-state index in [1.54, 1.807) is 24.3 Å². The molecule has 168 valence electrons. The van der Waals surface area contributed by atoms with Gasteiger partial charge in [0.25, 0.3) is 11.6 Å². The number of benzene rings is 2. The normalized spacial score (nSPS) is 10.7. The second-order valence-electron chi connectivity index (χ2n) is 6.71. The Labute approximate surface area is 195 Å². The number of furan rings is 1. The fourth-order valence-electron chi connectivity index (χ4n) is 2.96. The first-order valence-electron chi connectivity index (χ1n) is 9.43. The summed E-state index contributed by atoms with van der Waals surface area (Å²) in [5.74, 6) is -0.0755. The van der Waals surface area contributed by atoms with Crippen LogP contribution in [0.2, 0.25) is 5.02 Å². The maximum atomic E-state index is 12.6. The maximum Gasteiger partial charge on any atom is 0.349 e. The molecule has 0 aliphatic rings. The molecule has 2 aromatic heterocycles. The number of thiophene rings is 1. The number of fused-ring (bicyclic) bond motifs is 1. The Balaban J connectivity index is 1.41. The van der Waals surface area contributed by atoms with Crippen LogP contribution in [0.25, 0.3) is 10.1 Å². The van der Waals surface area contributed by atoms with Crippen LogP contribution in [0.5, 0.6) is 5.75 Å². The van der Waals surface area contributed by atoms with Crippen LogP contribution in [0.15, 0.2) is 59.0 Å². The molecule has 0 atom stereocenters. The molecule has 0 saturated carbocycles. The molecule has 0 saturated heterocycles. The number of nitro groups is 1. The first-order chi connectivity index (χ1) is 15.9. The van der Waals surface area contributed by atoms with Gasteiger partial charge in [0.1, 0.15) is 23.0 Å². The van der Waals surface area contributed by atoms with Gasteiger partial charge in [-0.15, -0.1) is 11.3 Å². The molecule has 0 radical (unpaired) electrons. The van der Waals surface area contributed by atoms with E-state index in [1.165, 1.54) is 48.8 Å². The number of carbonyl (C=O) groups excluding carboxylic acids is 2. The van der Waals surface area contributed by atoms with E-state index >= 15 is 0 Å². The highest BCUT2D eigenvalue weighted by molar-refractivity contribution is 7.21. The number of ether oxygens (including phenoxy) is 2. The van der Waals surface area contributed by atoms with Gasteiger partial charge in [0.05, 0.1) is 17.1 Å². The van der Waals surface area contributed by atoms with Gasteiger partial charge in [-0.1, -0.05) is 11.6 Å². The van der Waals surface area contributed by atoms with Gasteiger partial charge in [0, 0.05) is 27.9 Å². The summed E-state index contributed by atoms with van der Waals surface area (Å²) in [4.78, 5) is 34.9. The number of carbonyl (C=O) groups is 2. The van der Waals surface area contributed by atoms with Crippen molar-refractivity contribution in [2.24, 2.45) is 0 Å². The zero-order valence-corrected chi connectivity index (χ0v) is 18.6. The summed E-state index contributed by atoms with van der Waals surface area (Å²) < 4.78 is 16.5. The van der Waals surface area contributed by atoms with Gasteiger partial charge in [-0.25, -0.2) is 4.79 Å². The Hall–Kier alpha value is -3.89. The lowest BCUT2D eigenvalue weighted by molar-refractivity contribution is -0.384. The van der Waals surface area contributed by atoms with E-state index in [0.29, 0.717) is 32.5 Å². The minimum Gasteiger partial charge on any atom is -0.486 e. The lowest BCUT2D eigenvalue weighted by Gasteiger charge is -2.05. The molecule has 9 nitrogen and oxygen atoms in total. The van der Waals surface area contributed by atoms with Crippen LogP contribution in [-0.4, -0.2) is 23.9 Å². The molecule has 2 heterocycles. The second-order valence-corrected chi connectivity index (χ2v) is 8.14. The number of nitro benzene ring substituents is 1. The summed E-state index contributed by atoms with van der Waals surface area (Å²) in [6.07, 6.45) is 0. The first-order valence-corrected chi connectivity index (χ1v) is 10.6. The molecule has 1 amide bonds. The summed E-state index contributed by atoms with van der Waals surface area (Å²) in [5, 5.41) is 14.4. The number of esters is 1. The summed E-state index contributed by atoms with van der Waals surface area (Å²) in [7, 11) is 1.28. The van der Waals surface area contributed by atoms with Gasteiger partial charge in [-0.2, -0.15) is 0 Å². The van der Waals surface area contributed by atoms with Crippen LogP contribution < -0.4 is 10.1 Å². The van der Waals surface area contributed by atoms with Gasteiger partial charge >= 0.3 is 5.97 Å². The minimum absolute atomic E-state index is 0.0381. The zero-order chi connectivity index (χ0) is 23.5. The van der Waals surface area contributed by atoms with Crippen molar-refractivity contribution in [3.63, 3.8) is 0 Å². The smallest absolute Gasteiger partial charge is 0.349 e. The molecule has 2 aromatic carbocycles. The third-order valence-electron chi connectivity index (χ3n) is 4.57. The van der Waals surface area contributed by atoms with E-state index in [4.69, 9.17) is 25.5 Å². The van der Waals surface area contributed by atoms with Crippen molar-refractivity contribution in [2.75, 3.05) is 12.4 Å². The zero-order valence-electron chi connectivity index (χ0n) is 17.0. The molecule has 0 unspecified atom stereocenters. The number of halogens is 1. The topological polar surface area (TPSA) is 121 Å². The number of methoxy groups -OCH3 is 1. The predicted octanol–water partition coefficient (Wildman–Crippen LogP) is 5.67. The molecular formula is C22H15ClN2O7S. The molecule has 0 bridgehead atoms. The number of hydrogen-bond donors (Lipinski definition) is 1. The molecule has 1 N–H and O–H groups in total. The number of non-ortho nitro benzene ring substituents is 1. The van der Waals surface area contributed by atoms with Crippen molar-refractivity contribution in [1.82, 2.24) is 0 Å². The van der Waals surface area contributed by atoms with Crippen LogP contribution in [0.3, 0.4) is 0 Å². The Morgan fingerprint density at radius 3 is 2.61 bits per heavy atom. The van der Waals surface area contributed by atoms with Crippen molar-refractivity contribution in [3.05, 3.63) is 86.1 Å². The molecule has 33 heavy (non-hydrogen) atoms. The third-order valence-corrected chi connectivity index (χ3v) is 6.21. The molecular weight excluding hydrogens is 472 g/mol. The fourth-order valence-corrected chi connectivity index (χ4v) is 4.42. The van der Waals surface area contributed by atoms with Crippen molar-refractivity contribution in [2.45, 2.75) is 6.61 Å². The van der Waals surface area contributed by atoms with Gasteiger partial charge < -0.3 is 19.2 Å². The van der Waals surface area contributed by atoms with Crippen molar-refractivity contribution >= 4 is 56.3 Å². The van der Waals surface area contributed by atoms with Gasteiger partial charge in [-0.3, -0.25) is 14.9 Å². The van der Waals surface area contributed by atoms with Gasteiger partial charge in [0.2, 0.25) is 0 Å². The number of nitrogens with one attached hydrogen (secondary N) is 1. The van der Waals surface area contributed by atoms with Crippen molar-refractivity contribution < 1.29 is 28.4 Å². The second kappa shape index (κ2) is 9.31. The fraction of sp³-hybridized carbons (Fsp3) is 0.0909. The first kappa shape index (κ1) is 22.3. The third kappa shape index (κ3) is 4.81. The Morgan fingerprint density at radius 1 is 1.15 bits per heavy atom. The van der Waals surface area contributed by atoms with Crippen molar-refractivity contribution in [1.29, 1.82) is 0 Å². The summed E-state index contributed by atoms with van der Waals surface area (Å²) in [5.41, 5.74) is 0.464. The Bertz CT molecular complexity index is 1360. The maximum absolute atomic E-state index is 12.6. The molecule has 4 rings (SSSR count). The SMILES string of the molecule is COC(=O)c1sc2cc(NC(=O)c3ccc(COc4ccc([N+](=O)[O-])cc4)o3)ccc2c1Cl. The van der Waals surface area contributed by atoms with Crippen LogP contribution in [0, 0.1) is 10.1 Å². The molecule has 0 aliphatic carbocycles. The van der Waals surface area contributed by atoms with E-state index in [1.807, 2.05) is 0 Å². The van der Waals surface area contributed by atoms with Crippen molar-refractivity contribution in [3.8, 4) is 5.75 Å². The van der Waals surface area contributed by atoms with E-state index in [-0.39, 0.29) is 18.1 Å². The number of hydrogen-bond acceptors (Lipinski definition) is 8. The molecule has 0 fully saturated rings. The number of anilines is 1. The monoisotopic (exact) mass is 486 g/mol. The molecule has 0 spiro atoms. The molecule has 4 aromatic rings. The van der Waals surface area contributed by atoms with E-state index in [9.17, 15) is 19.7 Å². The van der Waals surface area contributed by atoms with Crippen LogP contribution in [0.1, 0.15) is 26.0 Å². The van der Waals surface area contributed by atoms with E-state index < -0.39 is 16.8 Å². The Kier molecular flexibility index (Phi) is 6.29. The average Bonchev–Trinajstić information content (AvgIpc) is 3.42. The predicted molar refractivity (Wildman–Crippen MR) is 122 cm³/mol. The number of rotatable bonds is 7. The Morgan fingerprint density at radius 2 is 1.91 bits per heavy atom. The largest absolute Gasteiger partial charge is 0.486 e. The van der Waals surface area contributed by atoms with Crippen LogP contribution in [0.4, 0.5) is 11.4 Å². The summed E-state index contributed by atoms with van der Waals surface area (Å²) >= 11 is 7.42. The summed E-state index contributed by atoms with van der Waals surface area (Å²) in [6, 6.07) is 13.8. The van der Waals surface area contributed by atoms with E-state index in [2.05, 4.69) is 5.32 Å². The molecule has 0 aliphatic heterocycles. The highest BCUT2D eigenvalue weighted by atomic mass is 35.5. The number of nitrogens with zero attached hydrogens (tertiary/aromatic N) is 1. The lowest BCUT2D eigenvalue weighted by atomic mass is 10.2. The van der Waals surface area contributed by atoms with Crippen LogP contribution in [-0.2, 0) is 11.3 Å². The van der Waals surface area contributed by atoms with Gasteiger partial charge in [0.15, 0.2) is 5.76 Å². The lowest BCUT2D eigenvalue weighted by Crippen LogP contribution is -2.10. The van der Waals surface area contributed by atoms with E-state index in [0.717, 1.165) is 4.70 Å². The highest BCUT2D eigenvalue weighted by Crippen LogP contribution is 2.37.